The predicted octanol–water partition coefficient (Wildman–Crippen LogP) is 2.81. The smallest absolute Gasteiger partial charge is 0.242 e. The number of hydrogen-bond acceptors (Lipinski definition) is 5. The maximum absolute atomic E-state index is 12.2. The fourth-order valence-corrected chi connectivity index (χ4v) is 3.69. The Morgan fingerprint density at radius 2 is 2.36 bits per heavy atom. The molecular formula is C15H16N4OS2. The first-order valence-electron chi connectivity index (χ1n) is 6.90. The third-order valence-corrected chi connectivity index (χ3v) is 4.96. The van der Waals surface area contributed by atoms with E-state index in [9.17, 15) is 4.79 Å². The average Bonchev–Trinajstić information content (AvgIpc) is 3.20. The molecule has 0 aliphatic carbocycles. The number of amides is 1. The minimum atomic E-state index is -0.101. The molecule has 22 heavy (non-hydrogen) atoms. The Kier molecular flexibility index (Phi) is 4.65. The van der Waals surface area contributed by atoms with Gasteiger partial charge in [-0.2, -0.15) is 16.4 Å². The molecule has 0 aliphatic rings. The van der Waals surface area contributed by atoms with Gasteiger partial charge >= 0.3 is 0 Å². The highest BCUT2D eigenvalue weighted by Gasteiger charge is 2.19. The number of thiophene rings is 1. The molecule has 1 atom stereocenters. The van der Waals surface area contributed by atoms with Crippen LogP contribution in [0, 0.1) is 6.92 Å². The second-order valence-electron chi connectivity index (χ2n) is 4.99. The zero-order valence-corrected chi connectivity index (χ0v) is 13.7. The van der Waals surface area contributed by atoms with E-state index in [2.05, 4.69) is 26.8 Å². The summed E-state index contributed by atoms with van der Waals surface area (Å²) in [7, 11) is 0. The van der Waals surface area contributed by atoms with Crippen LogP contribution in [0.3, 0.4) is 0 Å². The SMILES string of the molecule is Cc1csc(C(Cc2ccsc2)NC(=O)Cn2cccn2)n1. The monoisotopic (exact) mass is 332 g/mol. The van der Waals surface area contributed by atoms with Crippen molar-refractivity contribution in [3.05, 3.63) is 56.9 Å². The molecule has 7 heteroatoms. The topological polar surface area (TPSA) is 59.8 Å². The van der Waals surface area contributed by atoms with Crippen molar-refractivity contribution in [2.24, 2.45) is 0 Å². The van der Waals surface area contributed by atoms with E-state index in [1.165, 1.54) is 5.56 Å². The summed E-state index contributed by atoms with van der Waals surface area (Å²) in [5.41, 5.74) is 2.19. The molecule has 1 N–H and O–H groups in total. The Morgan fingerprint density at radius 3 is 3.00 bits per heavy atom. The van der Waals surface area contributed by atoms with Crippen LogP contribution in [0.5, 0.6) is 0 Å². The van der Waals surface area contributed by atoms with Crippen molar-refractivity contribution in [3.63, 3.8) is 0 Å². The van der Waals surface area contributed by atoms with Gasteiger partial charge in [0.15, 0.2) is 0 Å². The van der Waals surface area contributed by atoms with Crippen molar-refractivity contribution in [1.29, 1.82) is 0 Å². The number of aryl methyl sites for hydroxylation is 1. The van der Waals surface area contributed by atoms with E-state index < -0.39 is 0 Å². The lowest BCUT2D eigenvalue weighted by molar-refractivity contribution is -0.122. The van der Waals surface area contributed by atoms with Crippen LogP contribution < -0.4 is 5.32 Å². The standard InChI is InChI=1S/C15H16N4OS2/c1-11-9-22-15(17-11)13(7-12-3-6-21-10-12)18-14(20)8-19-5-2-4-16-19/h2-6,9-10,13H,7-8H2,1H3,(H,18,20). The molecule has 3 heterocycles. The molecule has 0 aliphatic heterocycles. The molecular weight excluding hydrogens is 316 g/mol. The number of hydrogen-bond donors (Lipinski definition) is 1. The van der Waals surface area contributed by atoms with Gasteiger partial charge in [-0.3, -0.25) is 9.48 Å². The van der Waals surface area contributed by atoms with Crippen LogP contribution in [0.2, 0.25) is 0 Å². The molecule has 0 fully saturated rings. The molecule has 5 nitrogen and oxygen atoms in total. The van der Waals surface area contributed by atoms with E-state index in [1.807, 2.05) is 17.7 Å². The molecule has 3 aromatic heterocycles. The van der Waals surface area contributed by atoms with Crippen LogP contribution in [-0.2, 0) is 17.8 Å². The minimum Gasteiger partial charge on any atom is -0.345 e. The van der Waals surface area contributed by atoms with E-state index in [0.717, 1.165) is 17.1 Å². The molecule has 1 unspecified atom stereocenters. The van der Waals surface area contributed by atoms with Crippen molar-refractivity contribution in [1.82, 2.24) is 20.1 Å². The van der Waals surface area contributed by atoms with Crippen molar-refractivity contribution in [3.8, 4) is 0 Å². The molecule has 0 radical (unpaired) electrons. The number of aromatic nitrogens is 3. The van der Waals surface area contributed by atoms with Gasteiger partial charge in [0, 0.05) is 29.9 Å². The Hall–Kier alpha value is -1.99. The van der Waals surface area contributed by atoms with Crippen molar-refractivity contribution in [2.45, 2.75) is 25.9 Å². The summed E-state index contributed by atoms with van der Waals surface area (Å²) >= 11 is 3.25. The molecule has 3 rings (SSSR count). The number of carbonyl (C=O) groups excluding carboxylic acids is 1. The summed E-state index contributed by atoms with van der Waals surface area (Å²) in [4.78, 5) is 16.8. The quantitative estimate of drug-likeness (QED) is 0.755. The molecule has 114 valence electrons. The van der Waals surface area contributed by atoms with Gasteiger partial charge in [0.25, 0.3) is 0 Å². The highest BCUT2D eigenvalue weighted by molar-refractivity contribution is 7.09. The summed E-state index contributed by atoms with van der Waals surface area (Å²) in [5, 5.41) is 14.2. The number of nitrogens with one attached hydrogen (secondary N) is 1. The first-order chi connectivity index (χ1) is 10.7. The maximum Gasteiger partial charge on any atom is 0.242 e. The van der Waals surface area contributed by atoms with Gasteiger partial charge in [0.1, 0.15) is 11.6 Å². The van der Waals surface area contributed by atoms with Crippen LogP contribution in [0.25, 0.3) is 0 Å². The van der Waals surface area contributed by atoms with Crippen molar-refractivity contribution in [2.75, 3.05) is 0 Å². The fraction of sp³-hybridized carbons (Fsp3) is 0.267. The van der Waals surface area contributed by atoms with Gasteiger partial charge in [-0.15, -0.1) is 11.3 Å². The van der Waals surface area contributed by atoms with E-state index in [1.54, 1.807) is 45.8 Å². The summed E-state index contributed by atoms with van der Waals surface area (Å²) in [5.74, 6) is -0.0585. The Bertz CT molecular complexity index is 719. The van der Waals surface area contributed by atoms with Gasteiger partial charge in [-0.05, 0) is 35.4 Å². The Morgan fingerprint density at radius 1 is 1.45 bits per heavy atom. The lowest BCUT2D eigenvalue weighted by Crippen LogP contribution is -2.32. The third kappa shape index (κ3) is 3.80. The number of carbonyl (C=O) groups is 1. The van der Waals surface area contributed by atoms with Gasteiger partial charge in [-0.1, -0.05) is 0 Å². The summed E-state index contributed by atoms with van der Waals surface area (Å²) in [6.07, 6.45) is 4.20. The highest BCUT2D eigenvalue weighted by Crippen LogP contribution is 2.23. The number of thiazole rings is 1. The van der Waals surface area contributed by atoms with Gasteiger partial charge in [0.05, 0.1) is 6.04 Å². The Labute approximate surface area is 136 Å². The van der Waals surface area contributed by atoms with Crippen LogP contribution in [0.4, 0.5) is 0 Å². The highest BCUT2D eigenvalue weighted by atomic mass is 32.1. The summed E-state index contributed by atoms with van der Waals surface area (Å²) in [6, 6.07) is 3.79. The second kappa shape index (κ2) is 6.85. The maximum atomic E-state index is 12.2. The molecule has 0 aromatic carbocycles. The summed E-state index contributed by atoms with van der Waals surface area (Å²) < 4.78 is 1.62. The first kappa shape index (κ1) is 14.9. The Balaban J connectivity index is 1.71. The van der Waals surface area contributed by atoms with E-state index in [0.29, 0.717) is 0 Å². The molecule has 1 amide bonds. The number of nitrogens with zero attached hydrogens (tertiary/aromatic N) is 3. The summed E-state index contributed by atoms with van der Waals surface area (Å²) in [6.45, 7) is 2.19. The van der Waals surface area contributed by atoms with Gasteiger partial charge in [-0.25, -0.2) is 4.98 Å². The van der Waals surface area contributed by atoms with Crippen LogP contribution in [0.15, 0.2) is 40.7 Å². The van der Waals surface area contributed by atoms with E-state index >= 15 is 0 Å². The zero-order chi connectivity index (χ0) is 15.4. The normalized spacial score (nSPS) is 12.2. The van der Waals surface area contributed by atoms with E-state index in [-0.39, 0.29) is 18.5 Å². The number of rotatable bonds is 6. The van der Waals surface area contributed by atoms with Crippen molar-refractivity contribution < 1.29 is 4.79 Å². The average molecular weight is 332 g/mol. The fourth-order valence-electron chi connectivity index (χ4n) is 2.16. The molecule has 0 spiro atoms. The molecule has 3 aromatic rings. The lowest BCUT2D eigenvalue weighted by Gasteiger charge is -2.16. The van der Waals surface area contributed by atoms with Gasteiger partial charge in [0.2, 0.25) is 5.91 Å². The lowest BCUT2D eigenvalue weighted by atomic mass is 10.1. The molecule has 0 saturated carbocycles. The predicted molar refractivity (Wildman–Crippen MR) is 88.0 cm³/mol. The molecule has 0 bridgehead atoms. The largest absolute Gasteiger partial charge is 0.345 e. The van der Waals surface area contributed by atoms with Crippen LogP contribution >= 0.6 is 22.7 Å². The van der Waals surface area contributed by atoms with E-state index in [4.69, 9.17) is 0 Å². The third-order valence-electron chi connectivity index (χ3n) is 3.15. The van der Waals surface area contributed by atoms with Crippen molar-refractivity contribution >= 4 is 28.6 Å². The minimum absolute atomic E-state index is 0.0585. The second-order valence-corrected chi connectivity index (χ2v) is 6.66. The zero-order valence-electron chi connectivity index (χ0n) is 12.1. The first-order valence-corrected chi connectivity index (χ1v) is 8.73. The molecule has 0 saturated heterocycles. The van der Waals surface area contributed by atoms with Crippen LogP contribution in [0.1, 0.15) is 22.3 Å². The van der Waals surface area contributed by atoms with Crippen LogP contribution in [-0.4, -0.2) is 20.7 Å². The van der Waals surface area contributed by atoms with Gasteiger partial charge < -0.3 is 5.32 Å².